The Morgan fingerprint density at radius 1 is 1.00 bits per heavy atom. The second-order valence-electron chi connectivity index (χ2n) is 6.95. The number of hydrogen-bond acceptors (Lipinski definition) is 3. The SMILES string of the molecule is COc1c(C(C)(C)C)[nH]c([C@@](OC)(c2ccccc2)C(F)(F)F)cc1=O. The summed E-state index contributed by atoms with van der Waals surface area (Å²) < 4.78 is 52.8. The second-order valence-corrected chi connectivity index (χ2v) is 6.95. The molecule has 0 aliphatic heterocycles. The van der Waals surface area contributed by atoms with E-state index in [1.807, 2.05) is 0 Å². The summed E-state index contributed by atoms with van der Waals surface area (Å²) >= 11 is 0. The molecule has 4 nitrogen and oxygen atoms in total. The number of hydrogen-bond donors (Lipinski definition) is 1. The molecule has 1 aromatic carbocycles. The third-order valence-electron chi connectivity index (χ3n) is 4.21. The average Bonchev–Trinajstić information content (AvgIpc) is 2.54. The fraction of sp³-hybridized carbons (Fsp3) is 0.421. The van der Waals surface area contributed by atoms with Crippen molar-refractivity contribution in [2.75, 3.05) is 14.2 Å². The molecule has 0 radical (unpaired) electrons. The van der Waals surface area contributed by atoms with Gasteiger partial charge in [0.25, 0.3) is 0 Å². The van der Waals surface area contributed by atoms with Crippen molar-refractivity contribution in [3.8, 4) is 5.75 Å². The molecule has 142 valence electrons. The van der Waals surface area contributed by atoms with E-state index in [1.165, 1.54) is 31.4 Å². The lowest BCUT2D eigenvalue weighted by Gasteiger charge is -2.36. The summed E-state index contributed by atoms with van der Waals surface area (Å²) in [7, 11) is 2.28. The summed E-state index contributed by atoms with van der Waals surface area (Å²) in [4.78, 5) is 15.3. The quantitative estimate of drug-likeness (QED) is 0.882. The molecule has 0 spiro atoms. The number of rotatable bonds is 4. The minimum Gasteiger partial charge on any atom is -0.491 e. The number of halogens is 3. The molecule has 2 aromatic rings. The fourth-order valence-electron chi connectivity index (χ4n) is 2.96. The van der Waals surface area contributed by atoms with Crippen molar-refractivity contribution in [1.29, 1.82) is 0 Å². The third-order valence-corrected chi connectivity index (χ3v) is 4.21. The van der Waals surface area contributed by atoms with Gasteiger partial charge in [0, 0.05) is 18.6 Å². The first kappa shape index (κ1) is 20.0. The van der Waals surface area contributed by atoms with Crippen LogP contribution < -0.4 is 10.2 Å². The Morgan fingerprint density at radius 2 is 1.58 bits per heavy atom. The second kappa shape index (κ2) is 6.79. The molecule has 0 aliphatic carbocycles. The third kappa shape index (κ3) is 3.23. The van der Waals surface area contributed by atoms with Crippen LogP contribution in [0.1, 0.15) is 37.7 Å². The van der Waals surface area contributed by atoms with Crippen LogP contribution in [-0.2, 0) is 15.8 Å². The predicted octanol–water partition coefficient (Wildman–Crippen LogP) is 4.13. The number of alkyl halides is 3. The van der Waals surface area contributed by atoms with Crippen molar-refractivity contribution in [2.45, 2.75) is 38.0 Å². The van der Waals surface area contributed by atoms with E-state index in [-0.39, 0.29) is 17.0 Å². The molecule has 2 rings (SSSR count). The van der Waals surface area contributed by atoms with Crippen LogP contribution in [-0.4, -0.2) is 25.4 Å². The normalized spacial score (nSPS) is 14.8. The van der Waals surface area contributed by atoms with Gasteiger partial charge >= 0.3 is 6.18 Å². The van der Waals surface area contributed by atoms with Gasteiger partial charge < -0.3 is 14.5 Å². The molecule has 1 atom stereocenters. The molecule has 0 aliphatic rings. The van der Waals surface area contributed by atoms with E-state index < -0.39 is 28.3 Å². The van der Waals surface area contributed by atoms with Gasteiger partial charge in [-0.25, -0.2) is 0 Å². The van der Waals surface area contributed by atoms with E-state index in [0.29, 0.717) is 0 Å². The van der Waals surface area contributed by atoms with Gasteiger partial charge in [-0.2, -0.15) is 13.2 Å². The van der Waals surface area contributed by atoms with E-state index >= 15 is 0 Å². The van der Waals surface area contributed by atoms with E-state index in [1.54, 1.807) is 26.8 Å². The Kier molecular flexibility index (Phi) is 5.24. The zero-order valence-corrected chi connectivity index (χ0v) is 15.3. The zero-order valence-electron chi connectivity index (χ0n) is 15.3. The highest BCUT2D eigenvalue weighted by Crippen LogP contribution is 2.46. The van der Waals surface area contributed by atoms with Gasteiger partial charge in [-0.15, -0.1) is 0 Å². The number of aromatic nitrogens is 1. The Labute approximate surface area is 150 Å². The molecular weight excluding hydrogens is 347 g/mol. The summed E-state index contributed by atoms with van der Waals surface area (Å²) in [6.07, 6.45) is -4.81. The molecule has 1 aromatic heterocycles. The van der Waals surface area contributed by atoms with Gasteiger partial charge in [0.1, 0.15) is 0 Å². The van der Waals surface area contributed by atoms with Gasteiger partial charge in [-0.05, 0) is 5.56 Å². The van der Waals surface area contributed by atoms with Crippen molar-refractivity contribution in [1.82, 2.24) is 4.98 Å². The summed E-state index contributed by atoms with van der Waals surface area (Å²) in [6, 6.07) is 8.10. The molecule has 0 bridgehead atoms. The number of nitrogens with one attached hydrogen (secondary N) is 1. The minimum atomic E-state index is -4.81. The maximum absolute atomic E-state index is 14.2. The zero-order chi connectivity index (χ0) is 19.8. The van der Waals surface area contributed by atoms with Crippen LogP contribution in [0.2, 0.25) is 0 Å². The molecular formula is C19H22F3NO3. The number of pyridine rings is 1. The van der Waals surface area contributed by atoms with Gasteiger partial charge in [-0.1, -0.05) is 51.1 Å². The smallest absolute Gasteiger partial charge is 0.427 e. The van der Waals surface area contributed by atoms with Crippen LogP contribution in [0.3, 0.4) is 0 Å². The van der Waals surface area contributed by atoms with Crippen molar-refractivity contribution < 1.29 is 22.6 Å². The summed E-state index contributed by atoms with van der Waals surface area (Å²) in [5, 5.41) is 0. The van der Waals surface area contributed by atoms with Gasteiger partial charge in [0.05, 0.1) is 18.5 Å². The topological polar surface area (TPSA) is 51.3 Å². The minimum absolute atomic E-state index is 0.0125. The Hall–Kier alpha value is -2.28. The molecule has 0 saturated carbocycles. The maximum Gasteiger partial charge on any atom is 0.427 e. The first-order valence-corrected chi connectivity index (χ1v) is 7.98. The molecule has 0 amide bonds. The van der Waals surface area contributed by atoms with Crippen LogP contribution in [0, 0.1) is 0 Å². The molecule has 26 heavy (non-hydrogen) atoms. The van der Waals surface area contributed by atoms with Gasteiger partial charge in [0.2, 0.25) is 11.0 Å². The summed E-state index contributed by atoms with van der Waals surface area (Å²) in [5.74, 6) is -0.0125. The monoisotopic (exact) mass is 369 g/mol. The Bertz CT molecular complexity index is 823. The van der Waals surface area contributed by atoms with Crippen LogP contribution in [0.15, 0.2) is 41.2 Å². The maximum atomic E-state index is 14.2. The molecule has 1 N–H and O–H groups in total. The van der Waals surface area contributed by atoms with Gasteiger partial charge in [0.15, 0.2) is 5.75 Å². The highest BCUT2D eigenvalue weighted by atomic mass is 19.4. The average molecular weight is 369 g/mol. The van der Waals surface area contributed by atoms with Crippen LogP contribution in [0.25, 0.3) is 0 Å². The van der Waals surface area contributed by atoms with Crippen molar-refractivity contribution in [3.05, 3.63) is 63.6 Å². The van der Waals surface area contributed by atoms with Crippen LogP contribution in [0.4, 0.5) is 13.2 Å². The number of ether oxygens (including phenoxy) is 2. The Balaban J connectivity index is 2.92. The number of methoxy groups -OCH3 is 2. The first-order chi connectivity index (χ1) is 12.0. The summed E-state index contributed by atoms with van der Waals surface area (Å²) in [6.45, 7) is 5.32. The fourth-order valence-corrected chi connectivity index (χ4v) is 2.96. The van der Waals surface area contributed by atoms with Crippen molar-refractivity contribution >= 4 is 0 Å². The lowest BCUT2D eigenvalue weighted by atomic mass is 9.86. The molecule has 1 heterocycles. The number of benzene rings is 1. The van der Waals surface area contributed by atoms with E-state index in [2.05, 4.69) is 4.98 Å². The standard InChI is InChI=1S/C19H22F3NO3/c1-17(2,3)16-15(25-4)13(24)11-14(23-16)18(26-5,19(20,21)22)12-9-7-6-8-10-12/h6-11H,1-5H3,(H,23,24)/t18-/m0/s1. The molecule has 0 saturated heterocycles. The number of H-pyrrole nitrogens is 1. The lowest BCUT2D eigenvalue weighted by Crippen LogP contribution is -2.46. The van der Waals surface area contributed by atoms with Crippen LogP contribution >= 0.6 is 0 Å². The van der Waals surface area contributed by atoms with Gasteiger partial charge in [-0.3, -0.25) is 4.79 Å². The van der Waals surface area contributed by atoms with E-state index in [0.717, 1.165) is 13.2 Å². The van der Waals surface area contributed by atoms with Crippen LogP contribution in [0.5, 0.6) is 5.75 Å². The Morgan fingerprint density at radius 3 is 2.00 bits per heavy atom. The predicted molar refractivity (Wildman–Crippen MR) is 92.6 cm³/mol. The molecule has 0 fully saturated rings. The molecule has 0 unspecified atom stereocenters. The first-order valence-electron chi connectivity index (χ1n) is 7.98. The lowest BCUT2D eigenvalue weighted by molar-refractivity contribution is -0.259. The van der Waals surface area contributed by atoms with E-state index in [4.69, 9.17) is 9.47 Å². The van der Waals surface area contributed by atoms with E-state index in [9.17, 15) is 18.0 Å². The number of aromatic amines is 1. The molecule has 7 heteroatoms. The largest absolute Gasteiger partial charge is 0.491 e. The highest BCUT2D eigenvalue weighted by Gasteiger charge is 2.59. The van der Waals surface area contributed by atoms with Crippen molar-refractivity contribution in [2.24, 2.45) is 0 Å². The highest BCUT2D eigenvalue weighted by molar-refractivity contribution is 5.41. The summed E-state index contributed by atoms with van der Waals surface area (Å²) in [5.41, 5.74) is -4.36. The van der Waals surface area contributed by atoms with Crippen molar-refractivity contribution in [3.63, 3.8) is 0 Å².